The van der Waals surface area contributed by atoms with Crippen molar-refractivity contribution in [2.75, 3.05) is 11.9 Å². The quantitative estimate of drug-likeness (QED) is 0.840. The van der Waals surface area contributed by atoms with E-state index >= 15 is 0 Å². The molecular formula is C17H27N3. The Balaban J connectivity index is 1.39. The summed E-state index contributed by atoms with van der Waals surface area (Å²) < 4.78 is 2.41. The Kier molecular flexibility index (Phi) is 3.45. The van der Waals surface area contributed by atoms with Crippen LogP contribution in [0, 0.1) is 17.8 Å². The van der Waals surface area contributed by atoms with Gasteiger partial charge in [0.15, 0.2) is 0 Å². The van der Waals surface area contributed by atoms with Gasteiger partial charge in [0.1, 0.15) is 0 Å². The fourth-order valence-electron chi connectivity index (χ4n) is 4.08. The van der Waals surface area contributed by atoms with Crippen LogP contribution in [-0.4, -0.2) is 16.1 Å². The number of hydrogen-bond acceptors (Lipinski definition) is 2. The van der Waals surface area contributed by atoms with Gasteiger partial charge in [0.05, 0.1) is 0 Å². The molecule has 0 aliphatic heterocycles. The second kappa shape index (κ2) is 5.42. The molecule has 0 radical (unpaired) electrons. The molecule has 0 bridgehead atoms. The Morgan fingerprint density at radius 2 is 1.75 bits per heavy atom. The van der Waals surface area contributed by atoms with E-state index in [2.05, 4.69) is 21.1 Å². The first kappa shape index (κ1) is 12.7. The minimum Gasteiger partial charge on any atom is -0.355 e. The maximum atomic E-state index is 4.57. The zero-order chi connectivity index (χ0) is 13.4. The molecule has 1 heterocycles. The smallest absolute Gasteiger partial charge is 0.203 e. The molecule has 1 aromatic heterocycles. The van der Waals surface area contributed by atoms with E-state index in [1.807, 2.05) is 6.20 Å². The Morgan fingerprint density at radius 1 is 1.05 bits per heavy atom. The third-order valence-corrected chi connectivity index (χ3v) is 5.59. The average Bonchev–Trinajstić information content (AvgIpc) is 3.40. The van der Waals surface area contributed by atoms with E-state index in [1.54, 1.807) is 0 Å². The molecule has 1 N–H and O–H groups in total. The monoisotopic (exact) mass is 273 g/mol. The molecule has 3 heteroatoms. The van der Waals surface area contributed by atoms with Gasteiger partial charge in [-0.3, -0.25) is 0 Å². The largest absolute Gasteiger partial charge is 0.355 e. The third kappa shape index (κ3) is 2.72. The standard InChI is InChI=1S/C17H27N3/c1-2-4-15(5-3-1)20-11-10-18-17(20)19-12-16(13-6-7-13)14-8-9-14/h10-11,13-16H,1-9,12H2,(H,18,19). The van der Waals surface area contributed by atoms with Gasteiger partial charge < -0.3 is 9.88 Å². The molecule has 0 saturated heterocycles. The lowest BCUT2D eigenvalue weighted by Crippen LogP contribution is -2.22. The summed E-state index contributed by atoms with van der Waals surface area (Å²) in [5.41, 5.74) is 0. The van der Waals surface area contributed by atoms with Crippen molar-refractivity contribution in [3.63, 3.8) is 0 Å². The molecule has 3 aliphatic carbocycles. The summed E-state index contributed by atoms with van der Waals surface area (Å²) in [5.74, 6) is 4.09. The summed E-state index contributed by atoms with van der Waals surface area (Å²) in [7, 11) is 0. The van der Waals surface area contributed by atoms with Crippen LogP contribution in [0.25, 0.3) is 0 Å². The van der Waals surface area contributed by atoms with Gasteiger partial charge in [-0.1, -0.05) is 19.3 Å². The molecule has 3 nitrogen and oxygen atoms in total. The minimum absolute atomic E-state index is 0.689. The van der Waals surface area contributed by atoms with E-state index in [0.29, 0.717) is 6.04 Å². The van der Waals surface area contributed by atoms with Crippen LogP contribution in [0.1, 0.15) is 63.8 Å². The van der Waals surface area contributed by atoms with Crippen molar-refractivity contribution in [3.05, 3.63) is 12.4 Å². The molecule has 0 amide bonds. The molecule has 0 atom stereocenters. The van der Waals surface area contributed by atoms with Gasteiger partial charge in [-0.05, 0) is 56.3 Å². The first-order valence-corrected chi connectivity index (χ1v) is 8.68. The summed E-state index contributed by atoms with van der Waals surface area (Å²) in [4.78, 5) is 4.57. The summed E-state index contributed by atoms with van der Waals surface area (Å²) in [6.07, 6.45) is 16.9. The summed E-state index contributed by atoms with van der Waals surface area (Å²) in [6.45, 7) is 1.15. The van der Waals surface area contributed by atoms with Gasteiger partial charge in [-0.25, -0.2) is 4.98 Å². The zero-order valence-corrected chi connectivity index (χ0v) is 12.4. The highest BCUT2D eigenvalue weighted by atomic mass is 15.2. The lowest BCUT2D eigenvalue weighted by molar-refractivity contribution is 0.354. The summed E-state index contributed by atoms with van der Waals surface area (Å²) in [6, 6.07) is 0.689. The van der Waals surface area contributed by atoms with E-state index in [-0.39, 0.29) is 0 Å². The van der Waals surface area contributed by atoms with Gasteiger partial charge in [-0.15, -0.1) is 0 Å². The van der Waals surface area contributed by atoms with Gasteiger partial charge in [-0.2, -0.15) is 0 Å². The number of hydrogen-bond donors (Lipinski definition) is 1. The Morgan fingerprint density at radius 3 is 2.40 bits per heavy atom. The Bertz CT molecular complexity index is 427. The predicted octanol–water partition coefficient (Wildman–Crippen LogP) is 4.24. The van der Waals surface area contributed by atoms with Gasteiger partial charge in [0, 0.05) is 25.0 Å². The summed E-state index contributed by atoms with van der Waals surface area (Å²) >= 11 is 0. The summed E-state index contributed by atoms with van der Waals surface area (Å²) in [5, 5.41) is 3.69. The van der Waals surface area contributed by atoms with Crippen LogP contribution in [0.5, 0.6) is 0 Å². The SMILES string of the molecule is c1cn(C2CCCCC2)c(NCC(C2CC2)C2CC2)n1. The molecule has 1 aromatic rings. The lowest BCUT2D eigenvalue weighted by Gasteiger charge is -2.25. The fourth-order valence-corrected chi connectivity index (χ4v) is 4.08. The van der Waals surface area contributed by atoms with E-state index in [9.17, 15) is 0 Å². The predicted molar refractivity (Wildman–Crippen MR) is 81.8 cm³/mol. The van der Waals surface area contributed by atoms with Crippen LogP contribution in [-0.2, 0) is 0 Å². The van der Waals surface area contributed by atoms with Crippen LogP contribution >= 0.6 is 0 Å². The highest BCUT2D eigenvalue weighted by Crippen LogP contribution is 2.49. The highest BCUT2D eigenvalue weighted by molar-refractivity contribution is 5.27. The van der Waals surface area contributed by atoms with Crippen molar-refractivity contribution in [3.8, 4) is 0 Å². The third-order valence-electron chi connectivity index (χ3n) is 5.59. The van der Waals surface area contributed by atoms with Crippen LogP contribution in [0.15, 0.2) is 12.4 Å². The second-order valence-corrected chi connectivity index (χ2v) is 7.17. The molecule has 4 rings (SSSR count). The number of aromatic nitrogens is 2. The molecule has 0 aromatic carbocycles. The van der Waals surface area contributed by atoms with E-state index in [4.69, 9.17) is 0 Å². The van der Waals surface area contributed by atoms with Crippen molar-refractivity contribution < 1.29 is 0 Å². The van der Waals surface area contributed by atoms with E-state index < -0.39 is 0 Å². The fraction of sp³-hybridized carbons (Fsp3) is 0.824. The molecule has 0 unspecified atom stereocenters. The Labute approximate surface area is 122 Å². The first-order valence-electron chi connectivity index (χ1n) is 8.68. The number of rotatable bonds is 6. The second-order valence-electron chi connectivity index (χ2n) is 7.17. The zero-order valence-electron chi connectivity index (χ0n) is 12.4. The van der Waals surface area contributed by atoms with Crippen LogP contribution in [0.4, 0.5) is 5.95 Å². The average molecular weight is 273 g/mol. The number of imidazole rings is 1. The molecular weight excluding hydrogens is 246 g/mol. The van der Waals surface area contributed by atoms with Crippen LogP contribution < -0.4 is 5.32 Å². The molecule has 3 fully saturated rings. The topological polar surface area (TPSA) is 29.9 Å². The maximum Gasteiger partial charge on any atom is 0.203 e. The molecule has 110 valence electrons. The van der Waals surface area contributed by atoms with Crippen LogP contribution in [0.3, 0.4) is 0 Å². The Hall–Kier alpha value is -0.990. The van der Waals surface area contributed by atoms with Crippen molar-refractivity contribution in [1.82, 2.24) is 9.55 Å². The number of nitrogens with zero attached hydrogens (tertiary/aromatic N) is 2. The first-order chi connectivity index (χ1) is 9.92. The van der Waals surface area contributed by atoms with Crippen LogP contribution in [0.2, 0.25) is 0 Å². The van der Waals surface area contributed by atoms with Crippen molar-refractivity contribution >= 4 is 5.95 Å². The maximum absolute atomic E-state index is 4.57. The molecule has 0 spiro atoms. The number of anilines is 1. The molecule has 3 aliphatic rings. The molecule has 3 saturated carbocycles. The lowest BCUT2D eigenvalue weighted by atomic mass is 9.95. The van der Waals surface area contributed by atoms with Gasteiger partial charge in [0.2, 0.25) is 5.95 Å². The van der Waals surface area contributed by atoms with Crippen molar-refractivity contribution in [2.24, 2.45) is 17.8 Å². The molecule has 20 heavy (non-hydrogen) atoms. The van der Waals surface area contributed by atoms with Gasteiger partial charge >= 0.3 is 0 Å². The normalized spacial score (nSPS) is 24.2. The highest BCUT2D eigenvalue weighted by Gasteiger charge is 2.41. The van der Waals surface area contributed by atoms with Crippen molar-refractivity contribution in [2.45, 2.75) is 63.8 Å². The van der Waals surface area contributed by atoms with E-state index in [1.165, 1.54) is 57.8 Å². The number of nitrogens with one attached hydrogen (secondary N) is 1. The van der Waals surface area contributed by atoms with Gasteiger partial charge in [0.25, 0.3) is 0 Å². The van der Waals surface area contributed by atoms with Crippen molar-refractivity contribution in [1.29, 1.82) is 0 Å². The van der Waals surface area contributed by atoms with E-state index in [0.717, 1.165) is 30.2 Å². The minimum atomic E-state index is 0.689.